The number of carboxylic acid groups (broad SMARTS) is 1. The number of piperidine rings is 1. The Kier molecular flexibility index (Phi) is 3.97. The van der Waals surface area contributed by atoms with Crippen molar-refractivity contribution < 1.29 is 14.7 Å². The van der Waals surface area contributed by atoms with Gasteiger partial charge in [0.15, 0.2) is 0 Å². The summed E-state index contributed by atoms with van der Waals surface area (Å²) in [5.74, 6) is -1.12. The van der Waals surface area contributed by atoms with E-state index in [1.54, 1.807) is 11.8 Å². The van der Waals surface area contributed by atoms with Gasteiger partial charge in [0.1, 0.15) is 6.54 Å². The predicted molar refractivity (Wildman–Crippen MR) is 72.9 cm³/mol. The van der Waals surface area contributed by atoms with E-state index in [4.69, 9.17) is 5.11 Å². The summed E-state index contributed by atoms with van der Waals surface area (Å²) in [4.78, 5) is 49.3. The summed E-state index contributed by atoms with van der Waals surface area (Å²) in [5, 5.41) is 9.14. The molecule has 0 radical (unpaired) electrons. The fourth-order valence-corrected chi connectivity index (χ4v) is 2.28. The van der Waals surface area contributed by atoms with Crippen LogP contribution in [0.1, 0.15) is 19.8 Å². The largest absolute Gasteiger partial charge is 0.481 e. The minimum absolute atomic E-state index is 0.167. The Balaban J connectivity index is 2.01. The summed E-state index contributed by atoms with van der Waals surface area (Å²) in [6.07, 6.45) is 2.04. The van der Waals surface area contributed by atoms with E-state index in [9.17, 15) is 19.2 Å². The maximum atomic E-state index is 12.1. The van der Waals surface area contributed by atoms with E-state index in [2.05, 4.69) is 4.98 Å². The number of amides is 1. The molecule has 0 saturated carbocycles. The van der Waals surface area contributed by atoms with E-state index in [-0.39, 0.29) is 12.5 Å². The molecule has 1 aromatic rings. The molecule has 1 amide bonds. The second-order valence-electron chi connectivity index (χ2n) is 5.48. The maximum Gasteiger partial charge on any atom is 0.328 e. The minimum Gasteiger partial charge on any atom is -0.481 e. The molecule has 114 valence electrons. The lowest BCUT2D eigenvalue weighted by atomic mass is 9.80. The van der Waals surface area contributed by atoms with Gasteiger partial charge in [0.05, 0.1) is 5.41 Å². The standard InChI is InChI=1S/C13H17N3O5/c1-13(11(19)20)3-6-15(7-4-13)10(18)8-16-5-2-9(17)14-12(16)21/h2,5H,3-4,6-8H2,1H3,(H,19,20)(H,14,17,21). The Bertz CT molecular complexity index is 667. The van der Waals surface area contributed by atoms with Gasteiger partial charge >= 0.3 is 11.7 Å². The molecule has 21 heavy (non-hydrogen) atoms. The van der Waals surface area contributed by atoms with Gasteiger partial charge in [-0.05, 0) is 19.8 Å². The van der Waals surface area contributed by atoms with Crippen molar-refractivity contribution in [3.8, 4) is 0 Å². The Labute approximate surface area is 120 Å². The van der Waals surface area contributed by atoms with Crippen molar-refractivity contribution in [1.82, 2.24) is 14.5 Å². The predicted octanol–water partition coefficient (Wildman–Crippen LogP) is -0.750. The normalized spacial score (nSPS) is 17.5. The molecule has 0 bridgehead atoms. The number of nitrogens with one attached hydrogen (secondary N) is 1. The first-order valence-electron chi connectivity index (χ1n) is 6.63. The highest BCUT2D eigenvalue weighted by Crippen LogP contribution is 2.30. The fraction of sp³-hybridized carbons (Fsp3) is 0.538. The maximum absolute atomic E-state index is 12.1. The minimum atomic E-state index is -0.855. The molecule has 0 aliphatic carbocycles. The third kappa shape index (κ3) is 3.21. The van der Waals surface area contributed by atoms with Crippen molar-refractivity contribution in [2.75, 3.05) is 13.1 Å². The number of carbonyl (C=O) groups is 2. The van der Waals surface area contributed by atoms with Crippen molar-refractivity contribution >= 4 is 11.9 Å². The summed E-state index contributed by atoms with van der Waals surface area (Å²) < 4.78 is 1.12. The first-order chi connectivity index (χ1) is 9.82. The van der Waals surface area contributed by atoms with Gasteiger partial charge in [0.2, 0.25) is 5.91 Å². The van der Waals surface area contributed by atoms with Crippen molar-refractivity contribution in [2.24, 2.45) is 5.41 Å². The van der Waals surface area contributed by atoms with Crippen LogP contribution in [0.25, 0.3) is 0 Å². The van der Waals surface area contributed by atoms with Gasteiger partial charge in [0, 0.05) is 25.4 Å². The number of aliphatic carboxylic acids is 1. The van der Waals surface area contributed by atoms with Crippen molar-refractivity contribution in [2.45, 2.75) is 26.3 Å². The van der Waals surface area contributed by atoms with Crippen LogP contribution in [0.5, 0.6) is 0 Å². The van der Waals surface area contributed by atoms with Gasteiger partial charge in [-0.1, -0.05) is 0 Å². The van der Waals surface area contributed by atoms with E-state index >= 15 is 0 Å². The molecule has 1 aromatic heterocycles. The van der Waals surface area contributed by atoms with Gasteiger partial charge in [-0.15, -0.1) is 0 Å². The summed E-state index contributed by atoms with van der Waals surface area (Å²) in [6, 6.07) is 1.17. The summed E-state index contributed by atoms with van der Waals surface area (Å²) in [5.41, 5.74) is -1.95. The zero-order valence-electron chi connectivity index (χ0n) is 11.7. The van der Waals surface area contributed by atoms with Crippen LogP contribution in [0.3, 0.4) is 0 Å². The number of aromatic amines is 1. The molecule has 8 nitrogen and oxygen atoms in total. The van der Waals surface area contributed by atoms with Crippen LogP contribution < -0.4 is 11.2 Å². The van der Waals surface area contributed by atoms with E-state index in [1.807, 2.05) is 0 Å². The number of hydrogen-bond donors (Lipinski definition) is 2. The number of likely N-dealkylation sites (tertiary alicyclic amines) is 1. The molecule has 1 aliphatic heterocycles. The van der Waals surface area contributed by atoms with E-state index in [0.29, 0.717) is 25.9 Å². The number of aromatic nitrogens is 2. The van der Waals surface area contributed by atoms with Gasteiger partial charge in [-0.25, -0.2) is 4.79 Å². The number of hydrogen-bond acceptors (Lipinski definition) is 4. The SMILES string of the molecule is CC1(C(=O)O)CCN(C(=O)Cn2ccc(=O)[nH]c2=O)CC1. The van der Waals surface area contributed by atoms with Gasteiger partial charge in [0.25, 0.3) is 5.56 Å². The molecule has 2 rings (SSSR count). The summed E-state index contributed by atoms with van der Waals surface area (Å²) in [6.45, 7) is 2.20. The Morgan fingerprint density at radius 2 is 1.95 bits per heavy atom. The number of carbonyl (C=O) groups excluding carboxylic acids is 1. The van der Waals surface area contributed by atoms with E-state index < -0.39 is 22.6 Å². The highest BCUT2D eigenvalue weighted by Gasteiger charge is 2.37. The van der Waals surface area contributed by atoms with Crippen LogP contribution in [0.2, 0.25) is 0 Å². The second-order valence-corrected chi connectivity index (χ2v) is 5.48. The molecule has 1 fully saturated rings. The lowest BCUT2D eigenvalue weighted by Gasteiger charge is -2.36. The highest BCUT2D eigenvalue weighted by atomic mass is 16.4. The molecule has 0 aromatic carbocycles. The molecule has 8 heteroatoms. The number of H-pyrrole nitrogens is 1. The topological polar surface area (TPSA) is 112 Å². The lowest BCUT2D eigenvalue weighted by Crippen LogP contribution is -2.47. The smallest absolute Gasteiger partial charge is 0.328 e. The first kappa shape index (κ1) is 15.0. The third-order valence-corrected chi connectivity index (χ3v) is 3.94. The Hall–Kier alpha value is -2.38. The van der Waals surface area contributed by atoms with Crippen LogP contribution in [0, 0.1) is 5.41 Å². The van der Waals surface area contributed by atoms with Crippen LogP contribution in [-0.2, 0) is 16.1 Å². The van der Waals surface area contributed by atoms with E-state index in [0.717, 1.165) is 4.57 Å². The van der Waals surface area contributed by atoms with E-state index in [1.165, 1.54) is 12.3 Å². The van der Waals surface area contributed by atoms with Gasteiger partial charge in [-0.2, -0.15) is 0 Å². The molecule has 2 heterocycles. The zero-order chi connectivity index (χ0) is 15.6. The van der Waals surface area contributed by atoms with Crippen LogP contribution >= 0.6 is 0 Å². The number of nitrogens with zero attached hydrogens (tertiary/aromatic N) is 2. The second kappa shape index (κ2) is 5.55. The average molecular weight is 295 g/mol. The van der Waals surface area contributed by atoms with Crippen LogP contribution in [0.4, 0.5) is 0 Å². The van der Waals surface area contributed by atoms with Crippen LogP contribution in [-0.4, -0.2) is 44.5 Å². The molecule has 1 aliphatic rings. The summed E-state index contributed by atoms with van der Waals surface area (Å²) in [7, 11) is 0. The van der Waals surface area contributed by atoms with Gasteiger partial charge < -0.3 is 10.0 Å². The molecule has 0 unspecified atom stereocenters. The molecule has 0 atom stereocenters. The first-order valence-corrected chi connectivity index (χ1v) is 6.63. The van der Waals surface area contributed by atoms with Gasteiger partial charge in [-0.3, -0.25) is 23.9 Å². The average Bonchev–Trinajstić information content (AvgIpc) is 2.42. The number of carboxylic acids is 1. The molecular weight excluding hydrogens is 278 g/mol. The summed E-state index contributed by atoms with van der Waals surface area (Å²) >= 11 is 0. The lowest BCUT2D eigenvalue weighted by molar-refractivity contribution is -0.153. The van der Waals surface area contributed by atoms with Crippen molar-refractivity contribution in [3.05, 3.63) is 33.1 Å². The zero-order valence-corrected chi connectivity index (χ0v) is 11.7. The monoisotopic (exact) mass is 295 g/mol. The Morgan fingerprint density at radius 3 is 2.48 bits per heavy atom. The Morgan fingerprint density at radius 1 is 1.33 bits per heavy atom. The molecule has 2 N–H and O–H groups in total. The molecule has 1 saturated heterocycles. The highest BCUT2D eigenvalue weighted by molar-refractivity contribution is 5.78. The quantitative estimate of drug-likeness (QED) is 0.762. The molecule has 0 spiro atoms. The van der Waals surface area contributed by atoms with Crippen molar-refractivity contribution in [1.29, 1.82) is 0 Å². The fourth-order valence-electron chi connectivity index (χ4n) is 2.28. The molecular formula is C13H17N3O5. The van der Waals surface area contributed by atoms with Crippen LogP contribution in [0.15, 0.2) is 21.9 Å². The third-order valence-electron chi connectivity index (χ3n) is 3.94. The number of rotatable bonds is 3. The van der Waals surface area contributed by atoms with Crippen molar-refractivity contribution in [3.63, 3.8) is 0 Å².